The van der Waals surface area contributed by atoms with Gasteiger partial charge in [-0.15, -0.1) is 0 Å². The van der Waals surface area contributed by atoms with Crippen LogP contribution in [0.5, 0.6) is 0 Å². The second kappa shape index (κ2) is 7.39. The zero-order valence-electron chi connectivity index (χ0n) is 14.5. The SMILES string of the molecule is O=C(Nc1ccccc1)c1cccc(Cn2cnc3cnc(CO)cc32)c1. The zero-order valence-corrected chi connectivity index (χ0v) is 14.5. The van der Waals surface area contributed by atoms with Crippen LogP contribution in [0.4, 0.5) is 5.69 Å². The van der Waals surface area contributed by atoms with E-state index >= 15 is 0 Å². The molecule has 0 saturated heterocycles. The van der Waals surface area contributed by atoms with E-state index in [0.717, 1.165) is 22.3 Å². The molecule has 6 heteroatoms. The Hall–Kier alpha value is -3.51. The summed E-state index contributed by atoms with van der Waals surface area (Å²) in [5.74, 6) is -0.148. The van der Waals surface area contributed by atoms with Gasteiger partial charge in [-0.2, -0.15) is 0 Å². The highest BCUT2D eigenvalue weighted by Crippen LogP contribution is 2.16. The number of amides is 1. The molecule has 0 saturated carbocycles. The highest BCUT2D eigenvalue weighted by atomic mass is 16.3. The summed E-state index contributed by atoms with van der Waals surface area (Å²) in [6.07, 6.45) is 3.39. The molecule has 6 nitrogen and oxygen atoms in total. The van der Waals surface area contributed by atoms with Crippen LogP contribution < -0.4 is 5.32 Å². The number of rotatable bonds is 5. The summed E-state index contributed by atoms with van der Waals surface area (Å²) in [5.41, 5.74) is 4.60. The van der Waals surface area contributed by atoms with Crippen LogP contribution >= 0.6 is 0 Å². The molecule has 2 aromatic heterocycles. The van der Waals surface area contributed by atoms with E-state index in [9.17, 15) is 9.90 Å². The lowest BCUT2D eigenvalue weighted by molar-refractivity contribution is 0.102. The molecule has 0 aliphatic carbocycles. The maximum absolute atomic E-state index is 12.5. The molecule has 2 N–H and O–H groups in total. The van der Waals surface area contributed by atoms with Gasteiger partial charge in [0.05, 0.1) is 30.3 Å². The molecule has 4 aromatic rings. The van der Waals surface area contributed by atoms with Gasteiger partial charge in [0, 0.05) is 17.8 Å². The number of benzene rings is 2. The normalized spacial score (nSPS) is 10.9. The summed E-state index contributed by atoms with van der Waals surface area (Å²) in [4.78, 5) is 21.0. The summed E-state index contributed by atoms with van der Waals surface area (Å²) in [6.45, 7) is 0.452. The molecular weight excluding hydrogens is 340 g/mol. The minimum absolute atomic E-state index is 0.115. The number of aliphatic hydroxyl groups is 1. The van der Waals surface area contributed by atoms with E-state index in [1.807, 2.05) is 59.2 Å². The van der Waals surface area contributed by atoms with Crippen molar-refractivity contribution in [3.63, 3.8) is 0 Å². The number of anilines is 1. The fourth-order valence-corrected chi connectivity index (χ4v) is 2.95. The molecule has 1 amide bonds. The molecule has 0 spiro atoms. The van der Waals surface area contributed by atoms with E-state index < -0.39 is 0 Å². The number of nitrogens with zero attached hydrogens (tertiary/aromatic N) is 3. The Labute approximate surface area is 156 Å². The number of aromatic nitrogens is 3. The number of hydrogen-bond donors (Lipinski definition) is 2. The van der Waals surface area contributed by atoms with Crippen LogP contribution in [0.2, 0.25) is 0 Å². The van der Waals surface area contributed by atoms with Crippen molar-refractivity contribution >= 4 is 22.6 Å². The molecule has 27 heavy (non-hydrogen) atoms. The molecule has 0 aliphatic heterocycles. The van der Waals surface area contributed by atoms with Gasteiger partial charge in [-0.1, -0.05) is 30.3 Å². The van der Waals surface area contributed by atoms with E-state index in [-0.39, 0.29) is 12.5 Å². The fourth-order valence-electron chi connectivity index (χ4n) is 2.95. The number of aliphatic hydroxyl groups excluding tert-OH is 1. The van der Waals surface area contributed by atoms with E-state index in [2.05, 4.69) is 15.3 Å². The number of imidazole rings is 1. The van der Waals surface area contributed by atoms with Crippen LogP contribution in [0.15, 0.2) is 73.2 Å². The predicted molar refractivity (Wildman–Crippen MR) is 103 cm³/mol. The van der Waals surface area contributed by atoms with Crippen LogP contribution in [0.25, 0.3) is 11.0 Å². The number of hydrogen-bond acceptors (Lipinski definition) is 4. The van der Waals surface area contributed by atoms with Gasteiger partial charge in [-0.3, -0.25) is 9.78 Å². The van der Waals surface area contributed by atoms with Crippen molar-refractivity contribution in [1.29, 1.82) is 0 Å². The third kappa shape index (κ3) is 3.70. The van der Waals surface area contributed by atoms with Crippen molar-refractivity contribution in [3.05, 3.63) is 90.0 Å². The molecular formula is C21H18N4O2. The summed E-state index contributed by atoms with van der Waals surface area (Å²) in [5, 5.41) is 12.2. The van der Waals surface area contributed by atoms with Gasteiger partial charge in [-0.05, 0) is 35.9 Å². The Balaban J connectivity index is 1.57. The number of pyridine rings is 1. The van der Waals surface area contributed by atoms with Gasteiger partial charge in [0.2, 0.25) is 0 Å². The van der Waals surface area contributed by atoms with Crippen LogP contribution in [-0.2, 0) is 13.2 Å². The Morgan fingerprint density at radius 2 is 1.89 bits per heavy atom. The second-order valence-electron chi connectivity index (χ2n) is 6.22. The lowest BCUT2D eigenvalue weighted by Gasteiger charge is -2.09. The smallest absolute Gasteiger partial charge is 0.255 e. The monoisotopic (exact) mass is 358 g/mol. The average molecular weight is 358 g/mol. The first kappa shape index (κ1) is 16.9. The van der Waals surface area contributed by atoms with Crippen molar-refractivity contribution in [3.8, 4) is 0 Å². The Morgan fingerprint density at radius 1 is 1.04 bits per heavy atom. The van der Waals surface area contributed by atoms with Crippen molar-refractivity contribution in [2.75, 3.05) is 5.32 Å². The van der Waals surface area contributed by atoms with Gasteiger partial charge in [0.25, 0.3) is 5.91 Å². The maximum Gasteiger partial charge on any atom is 0.255 e. The summed E-state index contributed by atoms with van der Waals surface area (Å²) in [7, 11) is 0. The van der Waals surface area contributed by atoms with Crippen molar-refractivity contribution in [2.45, 2.75) is 13.2 Å². The van der Waals surface area contributed by atoms with E-state index in [0.29, 0.717) is 17.8 Å². The van der Waals surface area contributed by atoms with Gasteiger partial charge in [-0.25, -0.2) is 4.98 Å². The Morgan fingerprint density at radius 3 is 2.70 bits per heavy atom. The molecule has 0 radical (unpaired) electrons. The van der Waals surface area contributed by atoms with Crippen molar-refractivity contribution in [2.24, 2.45) is 0 Å². The van der Waals surface area contributed by atoms with E-state index in [1.165, 1.54) is 0 Å². The van der Waals surface area contributed by atoms with Crippen LogP contribution in [0, 0.1) is 0 Å². The van der Waals surface area contributed by atoms with E-state index in [4.69, 9.17) is 0 Å². The molecule has 2 aromatic carbocycles. The predicted octanol–water partition coefficient (Wildman–Crippen LogP) is 3.22. The maximum atomic E-state index is 12.5. The standard InChI is InChI=1S/C21H18N4O2/c26-13-18-10-20-19(11-22-18)23-14-25(20)12-15-5-4-6-16(9-15)21(27)24-17-7-2-1-3-8-17/h1-11,14,26H,12-13H2,(H,24,27). The molecule has 0 bridgehead atoms. The molecule has 0 unspecified atom stereocenters. The first-order valence-electron chi connectivity index (χ1n) is 8.59. The quantitative estimate of drug-likeness (QED) is 0.574. The van der Waals surface area contributed by atoms with Gasteiger partial charge in [0.15, 0.2) is 0 Å². The number of fused-ring (bicyclic) bond motifs is 1. The molecule has 4 rings (SSSR count). The highest BCUT2D eigenvalue weighted by Gasteiger charge is 2.09. The third-order valence-electron chi connectivity index (χ3n) is 4.30. The number of nitrogens with one attached hydrogen (secondary N) is 1. The fraction of sp³-hybridized carbons (Fsp3) is 0.0952. The minimum atomic E-state index is -0.148. The van der Waals surface area contributed by atoms with E-state index in [1.54, 1.807) is 18.6 Å². The lowest BCUT2D eigenvalue weighted by atomic mass is 10.1. The molecule has 0 fully saturated rings. The van der Waals surface area contributed by atoms with Crippen LogP contribution in [-0.4, -0.2) is 25.5 Å². The molecule has 134 valence electrons. The van der Waals surface area contributed by atoms with Gasteiger partial charge >= 0.3 is 0 Å². The van der Waals surface area contributed by atoms with Crippen LogP contribution in [0.1, 0.15) is 21.6 Å². The second-order valence-corrected chi connectivity index (χ2v) is 6.22. The van der Waals surface area contributed by atoms with Gasteiger partial charge < -0.3 is 15.0 Å². The van der Waals surface area contributed by atoms with Crippen LogP contribution in [0.3, 0.4) is 0 Å². The first-order chi connectivity index (χ1) is 13.2. The zero-order chi connectivity index (χ0) is 18.6. The molecule has 2 heterocycles. The average Bonchev–Trinajstić information content (AvgIpc) is 3.11. The van der Waals surface area contributed by atoms with Crippen molar-refractivity contribution in [1.82, 2.24) is 14.5 Å². The number of carbonyl (C=O) groups is 1. The Kier molecular flexibility index (Phi) is 4.63. The molecule has 0 aliphatic rings. The number of carbonyl (C=O) groups excluding carboxylic acids is 1. The highest BCUT2D eigenvalue weighted by molar-refractivity contribution is 6.04. The minimum Gasteiger partial charge on any atom is -0.390 e. The third-order valence-corrected chi connectivity index (χ3v) is 4.30. The largest absolute Gasteiger partial charge is 0.390 e. The Bertz CT molecular complexity index is 1090. The topological polar surface area (TPSA) is 80.0 Å². The summed E-state index contributed by atoms with van der Waals surface area (Å²) < 4.78 is 1.98. The van der Waals surface area contributed by atoms with Crippen molar-refractivity contribution < 1.29 is 9.90 Å². The molecule has 0 atom stereocenters. The summed E-state index contributed by atoms with van der Waals surface area (Å²) in [6, 6.07) is 18.7. The lowest BCUT2D eigenvalue weighted by Crippen LogP contribution is -2.12. The first-order valence-corrected chi connectivity index (χ1v) is 8.59. The summed E-state index contributed by atoms with van der Waals surface area (Å²) >= 11 is 0. The van der Waals surface area contributed by atoms with Gasteiger partial charge in [0.1, 0.15) is 5.52 Å². The number of para-hydroxylation sites is 1.